The lowest BCUT2D eigenvalue weighted by molar-refractivity contribution is -0.137. The molecule has 1 aliphatic rings. The molecule has 0 radical (unpaired) electrons. The summed E-state index contributed by atoms with van der Waals surface area (Å²) < 4.78 is 29.6. The van der Waals surface area contributed by atoms with Gasteiger partial charge in [0.2, 0.25) is 5.91 Å². The van der Waals surface area contributed by atoms with Crippen LogP contribution in [0.5, 0.6) is 0 Å². The Bertz CT molecular complexity index is 1420. The number of nitrogens with zero attached hydrogens (tertiary/aromatic N) is 5. The van der Waals surface area contributed by atoms with Crippen molar-refractivity contribution in [3.05, 3.63) is 41.7 Å². The normalized spacial score (nSPS) is 15.1. The van der Waals surface area contributed by atoms with Crippen molar-refractivity contribution in [2.24, 2.45) is 12.8 Å². The fraction of sp³-hybridized carbons (Fsp3) is 0.286. The predicted octanol–water partition coefficient (Wildman–Crippen LogP) is 1.08. The van der Waals surface area contributed by atoms with E-state index in [9.17, 15) is 18.4 Å². The molecule has 4 heterocycles. The second-order valence-electron chi connectivity index (χ2n) is 8.11. The summed E-state index contributed by atoms with van der Waals surface area (Å²) in [5.41, 5.74) is 7.10. The van der Waals surface area contributed by atoms with Gasteiger partial charge in [0.15, 0.2) is 5.65 Å². The van der Waals surface area contributed by atoms with Crippen LogP contribution in [0.15, 0.2) is 24.5 Å². The summed E-state index contributed by atoms with van der Waals surface area (Å²) in [7, 11) is 1.56. The van der Waals surface area contributed by atoms with Gasteiger partial charge in [-0.05, 0) is 13.0 Å². The summed E-state index contributed by atoms with van der Waals surface area (Å²) in [4.78, 5) is 38.5. The van der Waals surface area contributed by atoms with Crippen LogP contribution >= 0.6 is 0 Å². The zero-order chi connectivity index (χ0) is 23.4. The first-order chi connectivity index (χ1) is 15.7. The van der Waals surface area contributed by atoms with Gasteiger partial charge in [-0.15, -0.1) is 0 Å². The number of fused-ring (bicyclic) bond motifs is 2. The van der Waals surface area contributed by atoms with Crippen LogP contribution in [0.2, 0.25) is 0 Å². The lowest BCUT2D eigenvalue weighted by Crippen LogP contribution is -2.61. The summed E-state index contributed by atoms with van der Waals surface area (Å²) in [6.07, 6.45) is 2.83. The van der Waals surface area contributed by atoms with E-state index in [1.165, 1.54) is 23.1 Å². The Morgan fingerprint density at radius 2 is 2.06 bits per heavy atom. The van der Waals surface area contributed by atoms with Crippen LogP contribution in [0.1, 0.15) is 17.3 Å². The van der Waals surface area contributed by atoms with Gasteiger partial charge in [0, 0.05) is 38.4 Å². The molecule has 4 N–H and O–H groups in total. The summed E-state index contributed by atoms with van der Waals surface area (Å²) in [6, 6.07) is 1.16. The van der Waals surface area contributed by atoms with Crippen molar-refractivity contribution in [1.29, 1.82) is 0 Å². The molecule has 1 aliphatic heterocycles. The maximum Gasteiger partial charge on any atom is 0.255 e. The lowest BCUT2D eigenvalue weighted by Gasteiger charge is -2.38. The maximum atomic E-state index is 14.6. The molecule has 0 aliphatic carbocycles. The SMILES string of the molecule is C[C@@H](NC(=O)c1c[nH]c2ncc(-c3nn(C)c4cc(F)cc(F)c34)nc12)C(=O)N1CC(N)C1. The van der Waals surface area contributed by atoms with E-state index in [0.717, 1.165) is 6.07 Å². The number of carbonyl (C=O) groups is 2. The first-order valence-electron chi connectivity index (χ1n) is 10.2. The van der Waals surface area contributed by atoms with Crippen LogP contribution < -0.4 is 11.1 Å². The summed E-state index contributed by atoms with van der Waals surface area (Å²) in [6.45, 7) is 2.51. The summed E-state index contributed by atoms with van der Waals surface area (Å²) in [5, 5.41) is 7.04. The number of nitrogens with two attached hydrogens (primary N) is 1. The average molecular weight is 454 g/mol. The molecule has 5 rings (SSSR count). The van der Waals surface area contributed by atoms with Crippen molar-refractivity contribution in [3.63, 3.8) is 0 Å². The van der Waals surface area contributed by atoms with E-state index in [4.69, 9.17) is 5.73 Å². The van der Waals surface area contributed by atoms with Gasteiger partial charge in [-0.2, -0.15) is 5.10 Å². The van der Waals surface area contributed by atoms with Crippen molar-refractivity contribution in [1.82, 2.24) is 34.9 Å². The number of likely N-dealkylation sites (tertiary alicyclic amines) is 1. The minimum absolute atomic E-state index is 0.0387. The largest absolute Gasteiger partial charge is 0.344 e. The first-order valence-corrected chi connectivity index (χ1v) is 10.2. The number of aryl methyl sites for hydroxylation is 1. The number of halogens is 2. The zero-order valence-corrected chi connectivity index (χ0v) is 17.8. The molecule has 0 saturated carbocycles. The quantitative estimate of drug-likeness (QED) is 0.422. The molecule has 0 spiro atoms. The summed E-state index contributed by atoms with van der Waals surface area (Å²) in [5.74, 6) is -2.23. The molecule has 1 aromatic carbocycles. The minimum atomic E-state index is -0.778. The molecule has 1 atom stereocenters. The standard InChI is InChI=1S/C21H20F2N8O2/c1-9(21(33)31-7-11(24)8-31)27-20(32)12-5-25-19-17(12)28-14(6-26-19)18-16-13(23)3-10(22)4-15(16)30(2)29-18/h3-6,9,11H,7-8,24H2,1-2H3,(H,25,26)(H,27,32)/t9-/m1/s1. The van der Waals surface area contributed by atoms with Crippen molar-refractivity contribution in [2.75, 3.05) is 13.1 Å². The van der Waals surface area contributed by atoms with E-state index in [2.05, 4.69) is 25.4 Å². The van der Waals surface area contributed by atoms with Gasteiger partial charge in [-0.25, -0.2) is 18.7 Å². The Labute approximate surface area is 185 Å². The highest BCUT2D eigenvalue weighted by Gasteiger charge is 2.31. The van der Waals surface area contributed by atoms with Crippen molar-refractivity contribution >= 4 is 33.9 Å². The lowest BCUT2D eigenvalue weighted by atomic mass is 10.1. The number of hydrogen-bond donors (Lipinski definition) is 3. The Hall–Kier alpha value is -3.93. The molecular weight excluding hydrogens is 434 g/mol. The highest BCUT2D eigenvalue weighted by Crippen LogP contribution is 2.30. The van der Waals surface area contributed by atoms with Crippen LogP contribution in [0, 0.1) is 11.6 Å². The molecule has 1 saturated heterocycles. The highest BCUT2D eigenvalue weighted by molar-refractivity contribution is 6.06. The van der Waals surface area contributed by atoms with E-state index < -0.39 is 23.6 Å². The Kier molecular flexibility index (Phi) is 4.81. The number of H-pyrrole nitrogens is 1. The van der Waals surface area contributed by atoms with E-state index in [0.29, 0.717) is 18.7 Å². The van der Waals surface area contributed by atoms with Gasteiger partial charge in [0.05, 0.1) is 22.7 Å². The third-order valence-electron chi connectivity index (χ3n) is 5.68. The van der Waals surface area contributed by atoms with E-state index in [1.807, 2.05) is 0 Å². The maximum absolute atomic E-state index is 14.6. The molecule has 1 fully saturated rings. The van der Waals surface area contributed by atoms with E-state index >= 15 is 0 Å². The molecule has 4 aromatic rings. The second-order valence-corrected chi connectivity index (χ2v) is 8.11. The number of aromatic amines is 1. The third-order valence-corrected chi connectivity index (χ3v) is 5.68. The van der Waals surface area contributed by atoms with Gasteiger partial charge in [0.25, 0.3) is 5.91 Å². The van der Waals surface area contributed by atoms with Crippen molar-refractivity contribution < 1.29 is 18.4 Å². The minimum Gasteiger partial charge on any atom is -0.344 e. The highest BCUT2D eigenvalue weighted by atomic mass is 19.1. The number of amides is 2. The number of aromatic nitrogens is 5. The predicted molar refractivity (Wildman–Crippen MR) is 115 cm³/mol. The monoisotopic (exact) mass is 454 g/mol. The molecular formula is C21H20F2N8O2. The van der Waals surface area contributed by atoms with Gasteiger partial charge in [-0.1, -0.05) is 0 Å². The van der Waals surface area contributed by atoms with Crippen LogP contribution in [-0.2, 0) is 11.8 Å². The van der Waals surface area contributed by atoms with Gasteiger partial charge in [-0.3, -0.25) is 14.3 Å². The number of rotatable bonds is 4. The Morgan fingerprint density at radius 3 is 2.79 bits per heavy atom. The van der Waals surface area contributed by atoms with Gasteiger partial charge >= 0.3 is 0 Å². The molecule has 0 bridgehead atoms. The smallest absolute Gasteiger partial charge is 0.255 e. The van der Waals surface area contributed by atoms with Gasteiger partial charge < -0.3 is 20.9 Å². The third kappa shape index (κ3) is 3.48. The van der Waals surface area contributed by atoms with Crippen LogP contribution in [0.25, 0.3) is 33.5 Å². The molecule has 0 unspecified atom stereocenters. The zero-order valence-electron chi connectivity index (χ0n) is 17.8. The fourth-order valence-corrected chi connectivity index (χ4v) is 3.96. The Balaban J connectivity index is 1.48. The molecule has 3 aromatic heterocycles. The van der Waals surface area contributed by atoms with Crippen LogP contribution in [-0.4, -0.2) is 66.6 Å². The molecule has 2 amide bonds. The number of hydrogen-bond acceptors (Lipinski definition) is 6. The number of nitrogens with one attached hydrogen (secondary N) is 2. The molecule has 33 heavy (non-hydrogen) atoms. The van der Waals surface area contributed by atoms with Gasteiger partial charge in [0.1, 0.15) is 34.6 Å². The van der Waals surface area contributed by atoms with Crippen LogP contribution in [0.4, 0.5) is 8.78 Å². The molecule has 12 heteroatoms. The van der Waals surface area contributed by atoms with Crippen molar-refractivity contribution in [2.45, 2.75) is 19.0 Å². The van der Waals surface area contributed by atoms with Crippen LogP contribution in [0.3, 0.4) is 0 Å². The number of carbonyl (C=O) groups excluding carboxylic acids is 2. The molecule has 170 valence electrons. The first kappa shape index (κ1) is 20.9. The van der Waals surface area contributed by atoms with E-state index in [-0.39, 0.29) is 45.3 Å². The average Bonchev–Trinajstić information content (AvgIpc) is 3.32. The topological polar surface area (TPSA) is 135 Å². The number of benzene rings is 1. The second kappa shape index (κ2) is 7.59. The fourth-order valence-electron chi connectivity index (χ4n) is 3.96. The van der Waals surface area contributed by atoms with E-state index in [1.54, 1.807) is 18.9 Å². The van der Waals surface area contributed by atoms with Crippen molar-refractivity contribution in [3.8, 4) is 11.4 Å². The summed E-state index contributed by atoms with van der Waals surface area (Å²) >= 11 is 0. The Morgan fingerprint density at radius 1 is 1.30 bits per heavy atom. The molecule has 10 nitrogen and oxygen atoms in total.